The molecular weight excluding hydrogens is 272 g/mol. The van der Waals surface area contributed by atoms with Gasteiger partial charge in [-0.2, -0.15) is 0 Å². The van der Waals surface area contributed by atoms with Crippen LogP contribution in [0.25, 0.3) is 10.8 Å². The maximum absolute atomic E-state index is 12.4. The Morgan fingerprint density at radius 1 is 0.955 bits per heavy atom. The number of fused-ring (bicyclic) bond motifs is 1. The van der Waals surface area contributed by atoms with Crippen LogP contribution >= 0.6 is 0 Å². The second-order valence-corrected chi connectivity index (χ2v) is 5.51. The van der Waals surface area contributed by atoms with E-state index in [-0.39, 0.29) is 12.4 Å². The molecule has 0 unspecified atom stereocenters. The van der Waals surface area contributed by atoms with E-state index in [1.165, 1.54) is 0 Å². The van der Waals surface area contributed by atoms with Crippen molar-refractivity contribution in [2.45, 2.75) is 13.8 Å². The molecule has 2 heteroatoms. The monoisotopic (exact) mass is 290 g/mol. The van der Waals surface area contributed by atoms with Crippen LogP contribution in [0.15, 0.2) is 60.7 Å². The first-order valence-corrected chi connectivity index (χ1v) is 7.36. The van der Waals surface area contributed by atoms with Crippen LogP contribution in [0.2, 0.25) is 0 Å². The van der Waals surface area contributed by atoms with Crippen molar-refractivity contribution in [3.05, 3.63) is 77.4 Å². The Morgan fingerprint density at radius 3 is 2.59 bits per heavy atom. The molecule has 22 heavy (non-hydrogen) atoms. The minimum Gasteiger partial charge on any atom is -0.485 e. The van der Waals surface area contributed by atoms with Crippen LogP contribution < -0.4 is 4.74 Å². The van der Waals surface area contributed by atoms with Crippen LogP contribution in [-0.4, -0.2) is 12.4 Å². The van der Waals surface area contributed by atoms with Gasteiger partial charge in [0.05, 0.1) is 0 Å². The lowest BCUT2D eigenvalue weighted by atomic mass is 10.0. The Hall–Kier alpha value is -2.61. The van der Waals surface area contributed by atoms with Crippen molar-refractivity contribution < 1.29 is 9.53 Å². The highest BCUT2D eigenvalue weighted by atomic mass is 16.5. The minimum absolute atomic E-state index is 0.00846. The van der Waals surface area contributed by atoms with Crippen LogP contribution in [0.1, 0.15) is 21.5 Å². The normalized spacial score (nSPS) is 10.6. The fourth-order valence-electron chi connectivity index (χ4n) is 2.58. The number of rotatable bonds is 4. The van der Waals surface area contributed by atoms with Gasteiger partial charge in [-0.05, 0) is 36.9 Å². The minimum atomic E-state index is 0.00846. The van der Waals surface area contributed by atoms with Gasteiger partial charge >= 0.3 is 0 Å². The molecule has 3 aromatic rings. The first-order valence-electron chi connectivity index (χ1n) is 7.36. The van der Waals surface area contributed by atoms with Gasteiger partial charge in [-0.1, -0.05) is 54.1 Å². The summed E-state index contributed by atoms with van der Waals surface area (Å²) in [4.78, 5) is 12.4. The lowest BCUT2D eigenvalue weighted by Crippen LogP contribution is -2.13. The van der Waals surface area contributed by atoms with Gasteiger partial charge in [0.2, 0.25) is 0 Å². The van der Waals surface area contributed by atoms with Crippen molar-refractivity contribution in [2.75, 3.05) is 6.61 Å². The number of carbonyl (C=O) groups is 1. The van der Waals surface area contributed by atoms with E-state index in [2.05, 4.69) is 0 Å². The summed E-state index contributed by atoms with van der Waals surface area (Å²) in [7, 11) is 0. The van der Waals surface area contributed by atoms with Crippen molar-refractivity contribution in [3.8, 4) is 5.75 Å². The lowest BCUT2D eigenvalue weighted by Gasteiger charge is -2.10. The average molecular weight is 290 g/mol. The summed E-state index contributed by atoms with van der Waals surface area (Å²) >= 11 is 0. The highest BCUT2D eigenvalue weighted by Crippen LogP contribution is 2.25. The van der Waals surface area contributed by atoms with Crippen LogP contribution in [0.4, 0.5) is 0 Å². The van der Waals surface area contributed by atoms with E-state index in [1.54, 1.807) is 0 Å². The molecule has 0 aromatic heterocycles. The number of benzene rings is 3. The second-order valence-electron chi connectivity index (χ2n) is 5.51. The van der Waals surface area contributed by atoms with Gasteiger partial charge in [-0.25, -0.2) is 0 Å². The molecule has 0 saturated heterocycles. The molecule has 0 aliphatic heterocycles. The van der Waals surface area contributed by atoms with E-state index in [1.807, 2.05) is 74.5 Å². The largest absolute Gasteiger partial charge is 0.485 e. The molecule has 0 spiro atoms. The summed E-state index contributed by atoms with van der Waals surface area (Å²) in [5.41, 5.74) is 2.80. The van der Waals surface area contributed by atoms with Crippen LogP contribution in [0, 0.1) is 13.8 Å². The van der Waals surface area contributed by atoms with E-state index in [4.69, 9.17) is 4.74 Å². The number of hydrogen-bond donors (Lipinski definition) is 0. The molecule has 0 aliphatic rings. The molecule has 110 valence electrons. The standard InChI is InChI=1S/C20H18O2/c1-14-10-11-15(2)18(12-14)19(21)13-22-20-9-5-7-16-6-3-4-8-17(16)20/h3-12H,13H2,1-2H3. The molecule has 2 nitrogen and oxygen atoms in total. The van der Waals surface area contributed by atoms with Gasteiger partial charge < -0.3 is 4.74 Å². The highest BCUT2D eigenvalue weighted by Gasteiger charge is 2.11. The maximum atomic E-state index is 12.4. The third-order valence-electron chi connectivity index (χ3n) is 3.80. The van der Waals surface area contributed by atoms with E-state index in [0.29, 0.717) is 0 Å². The number of carbonyl (C=O) groups excluding carboxylic acids is 1. The predicted molar refractivity (Wildman–Crippen MR) is 89.7 cm³/mol. The summed E-state index contributed by atoms with van der Waals surface area (Å²) in [6, 6.07) is 19.8. The SMILES string of the molecule is Cc1ccc(C)c(C(=O)COc2cccc3ccccc23)c1. The molecule has 0 saturated carbocycles. The Labute approximate surface area is 130 Å². The van der Waals surface area contributed by atoms with Crippen molar-refractivity contribution in [1.29, 1.82) is 0 Å². The second kappa shape index (κ2) is 6.02. The van der Waals surface area contributed by atoms with Gasteiger partial charge in [0.1, 0.15) is 5.75 Å². The molecule has 0 radical (unpaired) electrons. The molecule has 0 aliphatic carbocycles. The smallest absolute Gasteiger partial charge is 0.200 e. The quantitative estimate of drug-likeness (QED) is 0.650. The molecule has 0 atom stereocenters. The van der Waals surface area contributed by atoms with Gasteiger partial charge in [0, 0.05) is 10.9 Å². The van der Waals surface area contributed by atoms with Gasteiger partial charge in [-0.15, -0.1) is 0 Å². The zero-order chi connectivity index (χ0) is 15.5. The molecule has 3 aromatic carbocycles. The van der Waals surface area contributed by atoms with Gasteiger partial charge in [0.25, 0.3) is 0 Å². The summed E-state index contributed by atoms with van der Waals surface area (Å²) in [5.74, 6) is 0.755. The molecule has 0 N–H and O–H groups in total. The van der Waals surface area contributed by atoms with Crippen molar-refractivity contribution in [2.24, 2.45) is 0 Å². The lowest BCUT2D eigenvalue weighted by molar-refractivity contribution is 0.0922. The number of hydrogen-bond acceptors (Lipinski definition) is 2. The zero-order valence-electron chi connectivity index (χ0n) is 12.8. The van der Waals surface area contributed by atoms with Crippen LogP contribution in [0.3, 0.4) is 0 Å². The van der Waals surface area contributed by atoms with Gasteiger partial charge in [-0.3, -0.25) is 4.79 Å². The van der Waals surface area contributed by atoms with Crippen LogP contribution in [0.5, 0.6) is 5.75 Å². The summed E-state index contributed by atoms with van der Waals surface area (Å²) in [5, 5.41) is 2.14. The summed E-state index contributed by atoms with van der Waals surface area (Å²) in [6.45, 7) is 3.99. The number of ether oxygens (including phenoxy) is 1. The zero-order valence-corrected chi connectivity index (χ0v) is 12.8. The molecule has 0 bridgehead atoms. The molecule has 3 rings (SSSR count). The van der Waals surface area contributed by atoms with Gasteiger partial charge in [0.15, 0.2) is 12.4 Å². The number of aryl methyl sites for hydroxylation is 2. The Balaban J connectivity index is 1.82. The third-order valence-corrected chi connectivity index (χ3v) is 3.80. The maximum Gasteiger partial charge on any atom is 0.200 e. The molecular formula is C20H18O2. The van der Waals surface area contributed by atoms with E-state index in [9.17, 15) is 4.79 Å². The summed E-state index contributed by atoms with van der Waals surface area (Å²) < 4.78 is 5.78. The van der Waals surface area contributed by atoms with E-state index < -0.39 is 0 Å². The first-order chi connectivity index (χ1) is 10.6. The Kier molecular flexibility index (Phi) is 3.92. The fraction of sp³-hybridized carbons (Fsp3) is 0.150. The van der Waals surface area contributed by atoms with E-state index >= 15 is 0 Å². The van der Waals surface area contributed by atoms with Crippen molar-refractivity contribution in [1.82, 2.24) is 0 Å². The van der Waals surface area contributed by atoms with Crippen molar-refractivity contribution in [3.63, 3.8) is 0 Å². The molecule has 0 heterocycles. The highest BCUT2D eigenvalue weighted by molar-refractivity contribution is 5.99. The Bertz CT molecular complexity index is 829. The number of Topliss-reactive ketones (excluding diaryl/α,β-unsaturated/α-hetero) is 1. The molecule has 0 amide bonds. The van der Waals surface area contributed by atoms with E-state index in [0.717, 1.165) is 33.2 Å². The van der Waals surface area contributed by atoms with Crippen LogP contribution in [-0.2, 0) is 0 Å². The topological polar surface area (TPSA) is 26.3 Å². The predicted octanol–water partition coefficient (Wildman–Crippen LogP) is 4.72. The Morgan fingerprint density at radius 2 is 1.73 bits per heavy atom. The molecule has 0 fully saturated rings. The third kappa shape index (κ3) is 2.86. The summed E-state index contributed by atoms with van der Waals surface area (Å²) in [6.07, 6.45) is 0. The average Bonchev–Trinajstić information content (AvgIpc) is 2.54. The fourth-order valence-corrected chi connectivity index (χ4v) is 2.58. The first kappa shape index (κ1) is 14.3. The van der Waals surface area contributed by atoms with Crippen molar-refractivity contribution >= 4 is 16.6 Å². The number of ketones is 1.